The fourth-order valence-corrected chi connectivity index (χ4v) is 5.92. The second kappa shape index (κ2) is 13.9. The molecule has 0 N–H and O–H groups in total. The molecule has 1 fully saturated rings. The van der Waals surface area contributed by atoms with Gasteiger partial charge in [0.15, 0.2) is 11.4 Å². The number of aryl methyl sites for hydroxylation is 2. The summed E-state index contributed by atoms with van der Waals surface area (Å²) in [6.45, 7) is 9.92. The highest BCUT2D eigenvalue weighted by molar-refractivity contribution is 7.98. The summed E-state index contributed by atoms with van der Waals surface area (Å²) in [5.74, 6) is 0.0541. The van der Waals surface area contributed by atoms with Crippen LogP contribution in [0.1, 0.15) is 47.8 Å². The Kier molecular flexibility index (Phi) is 10.5. The van der Waals surface area contributed by atoms with Gasteiger partial charge in [0.2, 0.25) is 0 Å². The lowest BCUT2D eigenvalue weighted by molar-refractivity contribution is -0.158. The molecular formula is C34H38ClNO6S. The lowest BCUT2D eigenvalue weighted by atomic mass is 9.84. The highest BCUT2D eigenvalue weighted by Gasteiger charge is 2.41. The van der Waals surface area contributed by atoms with Crippen LogP contribution in [0.25, 0.3) is 0 Å². The van der Waals surface area contributed by atoms with Gasteiger partial charge in [0.25, 0.3) is 0 Å². The van der Waals surface area contributed by atoms with E-state index in [1.165, 1.54) is 0 Å². The normalized spacial score (nSPS) is 16.6. The van der Waals surface area contributed by atoms with E-state index in [0.29, 0.717) is 35.1 Å². The van der Waals surface area contributed by atoms with Crippen LogP contribution in [0, 0.1) is 25.7 Å². The van der Waals surface area contributed by atoms with Crippen molar-refractivity contribution in [1.29, 1.82) is 0 Å². The van der Waals surface area contributed by atoms with Crippen LogP contribution >= 0.6 is 23.4 Å². The third-order valence-electron chi connectivity index (χ3n) is 7.57. The summed E-state index contributed by atoms with van der Waals surface area (Å²) in [5.41, 5.74) is 2.25. The standard InChI is InChI=1S/C34H38ClNO6S/c1-7-40-32(38)34(4,5)42-31-21(2)16-23(17-22(31)3)18-25-19-36(33(39)41-27-12-10-26(35)11-13-27)20-29(25)30(37)24-8-14-28(43-6)15-9-24/h8-17,25,29H,7,18-20H2,1-6H3. The topological polar surface area (TPSA) is 82.1 Å². The van der Waals surface area contributed by atoms with Gasteiger partial charge in [-0.25, -0.2) is 9.59 Å². The van der Waals surface area contributed by atoms with E-state index in [4.69, 9.17) is 25.8 Å². The SMILES string of the molecule is CCOC(=O)C(C)(C)Oc1c(C)cc(CC2CN(C(=O)Oc3ccc(Cl)cc3)CC2C(=O)c2ccc(SC)cc2)cc1C. The number of halogens is 1. The number of rotatable bonds is 10. The first-order valence-electron chi connectivity index (χ1n) is 14.3. The Morgan fingerprint density at radius 1 is 0.977 bits per heavy atom. The zero-order chi connectivity index (χ0) is 31.3. The summed E-state index contributed by atoms with van der Waals surface area (Å²) in [7, 11) is 0. The van der Waals surface area contributed by atoms with Gasteiger partial charge in [-0.15, -0.1) is 11.8 Å². The third kappa shape index (κ3) is 7.92. The van der Waals surface area contributed by atoms with Crippen LogP contribution in [0.15, 0.2) is 65.6 Å². The number of amides is 1. The fraction of sp³-hybridized carbons (Fsp3) is 0.382. The summed E-state index contributed by atoms with van der Waals surface area (Å²) in [4.78, 5) is 42.1. The first-order valence-corrected chi connectivity index (χ1v) is 15.9. The molecule has 4 rings (SSSR count). The molecule has 1 saturated heterocycles. The minimum Gasteiger partial charge on any atom is -0.476 e. The molecule has 0 aromatic heterocycles. The van der Waals surface area contributed by atoms with E-state index in [9.17, 15) is 14.4 Å². The number of esters is 1. The molecule has 1 aliphatic heterocycles. The Hall–Kier alpha value is -3.49. The number of ether oxygens (including phenoxy) is 3. The molecule has 228 valence electrons. The van der Waals surface area contributed by atoms with Gasteiger partial charge in [0.1, 0.15) is 11.5 Å². The Morgan fingerprint density at radius 3 is 2.19 bits per heavy atom. The predicted molar refractivity (Wildman–Crippen MR) is 170 cm³/mol. The zero-order valence-electron chi connectivity index (χ0n) is 25.4. The molecule has 0 spiro atoms. The van der Waals surface area contributed by atoms with Crippen LogP contribution in [-0.4, -0.2) is 54.3 Å². The van der Waals surface area contributed by atoms with E-state index >= 15 is 0 Å². The zero-order valence-corrected chi connectivity index (χ0v) is 27.0. The summed E-state index contributed by atoms with van der Waals surface area (Å²) in [6, 6.07) is 18.2. The van der Waals surface area contributed by atoms with Crippen LogP contribution in [0.4, 0.5) is 4.79 Å². The molecule has 2 atom stereocenters. The van der Waals surface area contributed by atoms with E-state index in [1.807, 2.05) is 56.5 Å². The van der Waals surface area contributed by atoms with Crippen LogP contribution in [0.5, 0.6) is 11.5 Å². The lowest BCUT2D eigenvalue weighted by Gasteiger charge is -2.27. The van der Waals surface area contributed by atoms with Gasteiger partial charge in [-0.1, -0.05) is 35.9 Å². The minimum absolute atomic E-state index is 0.00373. The number of hydrogen-bond acceptors (Lipinski definition) is 7. The second-order valence-corrected chi connectivity index (χ2v) is 12.6. The van der Waals surface area contributed by atoms with Crippen LogP contribution < -0.4 is 9.47 Å². The second-order valence-electron chi connectivity index (χ2n) is 11.3. The van der Waals surface area contributed by atoms with Crippen molar-refractivity contribution in [2.75, 3.05) is 26.0 Å². The number of carbonyl (C=O) groups is 3. The van der Waals surface area contributed by atoms with Gasteiger partial charge in [-0.2, -0.15) is 0 Å². The molecule has 1 amide bonds. The first kappa shape index (κ1) is 32.4. The molecular weight excluding hydrogens is 586 g/mol. The Labute approximate surface area is 262 Å². The summed E-state index contributed by atoms with van der Waals surface area (Å²) >= 11 is 7.59. The van der Waals surface area contributed by atoms with E-state index in [0.717, 1.165) is 21.6 Å². The van der Waals surface area contributed by atoms with Crippen LogP contribution in [0.3, 0.4) is 0 Å². The molecule has 3 aromatic rings. The van der Waals surface area contributed by atoms with Gasteiger partial charge in [0.05, 0.1) is 6.61 Å². The third-order valence-corrected chi connectivity index (χ3v) is 8.57. The Bertz CT molecular complexity index is 1450. The number of benzene rings is 3. The molecule has 0 bridgehead atoms. The average Bonchev–Trinajstić information content (AvgIpc) is 3.40. The van der Waals surface area contributed by atoms with E-state index in [-0.39, 0.29) is 24.9 Å². The minimum atomic E-state index is -1.15. The average molecular weight is 624 g/mol. The highest BCUT2D eigenvalue weighted by atomic mass is 35.5. The number of thioether (sulfide) groups is 1. The van der Waals surface area contributed by atoms with E-state index in [2.05, 4.69) is 0 Å². The van der Waals surface area contributed by atoms with Crippen molar-refractivity contribution in [3.05, 3.63) is 87.9 Å². The monoisotopic (exact) mass is 623 g/mol. The van der Waals surface area contributed by atoms with Gasteiger partial charge in [-0.05, 0) is 106 Å². The Morgan fingerprint density at radius 2 is 1.60 bits per heavy atom. The van der Waals surface area contributed by atoms with Gasteiger partial charge in [0, 0.05) is 34.5 Å². The smallest absolute Gasteiger partial charge is 0.415 e. The van der Waals surface area contributed by atoms with Crippen molar-refractivity contribution in [1.82, 2.24) is 4.90 Å². The quantitative estimate of drug-likeness (QED) is 0.131. The number of Topliss-reactive ketones (excluding diaryl/α,β-unsaturated/α-hetero) is 1. The molecule has 9 heteroatoms. The largest absolute Gasteiger partial charge is 0.476 e. The van der Waals surface area contributed by atoms with Crippen LogP contribution in [0.2, 0.25) is 5.02 Å². The fourth-order valence-electron chi connectivity index (χ4n) is 5.38. The number of hydrogen-bond donors (Lipinski definition) is 0. The highest BCUT2D eigenvalue weighted by Crippen LogP contribution is 2.34. The van der Waals surface area contributed by atoms with Gasteiger partial charge >= 0.3 is 12.1 Å². The molecule has 0 radical (unpaired) electrons. The van der Waals surface area contributed by atoms with Crippen LogP contribution in [-0.2, 0) is 16.0 Å². The number of carbonyl (C=O) groups excluding carboxylic acids is 3. The van der Waals surface area contributed by atoms with Crippen molar-refractivity contribution in [3.8, 4) is 11.5 Å². The summed E-state index contributed by atoms with van der Waals surface area (Å²) in [6.07, 6.45) is 2.07. The molecule has 2 unspecified atom stereocenters. The van der Waals surface area contributed by atoms with Crippen molar-refractivity contribution in [2.24, 2.45) is 11.8 Å². The van der Waals surface area contributed by atoms with Crippen molar-refractivity contribution < 1.29 is 28.6 Å². The lowest BCUT2D eigenvalue weighted by Crippen LogP contribution is -2.40. The molecule has 1 heterocycles. The van der Waals surface area contributed by atoms with Gasteiger partial charge < -0.3 is 19.1 Å². The number of nitrogens with zero attached hydrogens (tertiary/aromatic N) is 1. The maximum Gasteiger partial charge on any atom is 0.415 e. The maximum atomic E-state index is 13.8. The van der Waals surface area contributed by atoms with E-state index < -0.39 is 23.6 Å². The van der Waals surface area contributed by atoms with Crippen molar-refractivity contribution in [2.45, 2.75) is 51.5 Å². The first-order chi connectivity index (χ1) is 20.4. The van der Waals surface area contributed by atoms with Gasteiger partial charge in [-0.3, -0.25) is 4.79 Å². The molecule has 7 nitrogen and oxygen atoms in total. The summed E-state index contributed by atoms with van der Waals surface area (Å²) < 4.78 is 16.9. The number of likely N-dealkylation sites (tertiary alicyclic amines) is 1. The molecule has 43 heavy (non-hydrogen) atoms. The maximum absolute atomic E-state index is 13.8. The van der Waals surface area contributed by atoms with Crippen molar-refractivity contribution >= 4 is 41.2 Å². The van der Waals surface area contributed by atoms with Crippen molar-refractivity contribution in [3.63, 3.8) is 0 Å². The molecule has 0 saturated carbocycles. The molecule has 3 aromatic carbocycles. The summed E-state index contributed by atoms with van der Waals surface area (Å²) in [5, 5.41) is 0.547. The number of ketones is 1. The molecule has 0 aliphatic carbocycles. The predicted octanol–water partition coefficient (Wildman–Crippen LogP) is 7.57. The Balaban J connectivity index is 1.57. The molecule has 1 aliphatic rings. The van der Waals surface area contributed by atoms with E-state index in [1.54, 1.807) is 61.7 Å².